The quantitative estimate of drug-likeness (QED) is 0.787. The fourth-order valence-electron chi connectivity index (χ4n) is 2.24. The molecule has 0 radical (unpaired) electrons. The van der Waals surface area contributed by atoms with Crippen LogP contribution in [0.1, 0.15) is 48.3 Å². The van der Waals surface area contributed by atoms with E-state index in [1.807, 2.05) is 42.8 Å². The van der Waals surface area contributed by atoms with Crippen LogP contribution >= 0.6 is 0 Å². The van der Waals surface area contributed by atoms with Gasteiger partial charge in [-0.05, 0) is 44.5 Å². The number of hydrogen-bond donors (Lipinski definition) is 1. The highest BCUT2D eigenvalue weighted by Crippen LogP contribution is 2.14. The van der Waals surface area contributed by atoms with Crippen molar-refractivity contribution in [1.29, 1.82) is 0 Å². The molecule has 0 unspecified atom stereocenters. The van der Waals surface area contributed by atoms with Crippen molar-refractivity contribution in [2.75, 3.05) is 5.32 Å². The molecule has 2 aromatic rings. The minimum absolute atomic E-state index is 0.212. The monoisotopic (exact) mass is 285 g/mol. The van der Waals surface area contributed by atoms with Gasteiger partial charge in [0.05, 0.1) is 5.69 Å². The SMILES string of the molecule is CCCC(=O)c1ccc(NCc2cn(CC)nc2C)cc1. The summed E-state index contributed by atoms with van der Waals surface area (Å²) in [7, 11) is 0. The second-order valence-corrected chi connectivity index (χ2v) is 5.20. The number of aromatic nitrogens is 2. The van der Waals surface area contributed by atoms with E-state index in [0.717, 1.165) is 36.5 Å². The maximum absolute atomic E-state index is 11.8. The molecular weight excluding hydrogens is 262 g/mol. The number of nitrogens with one attached hydrogen (secondary N) is 1. The molecule has 1 heterocycles. The van der Waals surface area contributed by atoms with E-state index in [-0.39, 0.29) is 5.78 Å². The molecule has 0 aliphatic heterocycles. The summed E-state index contributed by atoms with van der Waals surface area (Å²) in [5.41, 5.74) is 4.06. The van der Waals surface area contributed by atoms with E-state index in [1.54, 1.807) is 0 Å². The lowest BCUT2D eigenvalue weighted by molar-refractivity contribution is 0.0982. The Morgan fingerprint density at radius 1 is 1.24 bits per heavy atom. The van der Waals surface area contributed by atoms with Gasteiger partial charge in [0, 0.05) is 42.5 Å². The summed E-state index contributed by atoms with van der Waals surface area (Å²) in [4.78, 5) is 11.8. The van der Waals surface area contributed by atoms with E-state index in [2.05, 4.69) is 23.5 Å². The molecule has 0 spiro atoms. The number of carbonyl (C=O) groups excluding carboxylic acids is 1. The van der Waals surface area contributed by atoms with Crippen molar-refractivity contribution in [3.8, 4) is 0 Å². The molecule has 0 aliphatic carbocycles. The van der Waals surface area contributed by atoms with Gasteiger partial charge in [-0.15, -0.1) is 0 Å². The number of anilines is 1. The molecule has 4 heteroatoms. The molecule has 0 atom stereocenters. The summed E-state index contributed by atoms with van der Waals surface area (Å²) >= 11 is 0. The number of rotatable bonds is 7. The van der Waals surface area contributed by atoms with E-state index in [4.69, 9.17) is 0 Å². The second-order valence-electron chi connectivity index (χ2n) is 5.20. The van der Waals surface area contributed by atoms with E-state index >= 15 is 0 Å². The first-order valence-corrected chi connectivity index (χ1v) is 7.54. The van der Waals surface area contributed by atoms with Crippen LogP contribution in [0.3, 0.4) is 0 Å². The highest BCUT2D eigenvalue weighted by Gasteiger charge is 2.06. The third-order valence-corrected chi connectivity index (χ3v) is 3.54. The standard InChI is InChI=1S/C17H23N3O/c1-4-6-17(21)14-7-9-16(10-8-14)18-11-15-12-20(5-2)19-13(15)3/h7-10,12,18H,4-6,11H2,1-3H3. The Morgan fingerprint density at radius 2 is 1.95 bits per heavy atom. The molecule has 0 amide bonds. The number of ketones is 1. The third kappa shape index (κ3) is 3.94. The number of Topliss-reactive ketones (excluding diaryl/α,β-unsaturated/α-hetero) is 1. The Morgan fingerprint density at radius 3 is 2.52 bits per heavy atom. The van der Waals surface area contributed by atoms with Crippen molar-refractivity contribution in [2.45, 2.75) is 46.7 Å². The number of aryl methyl sites for hydroxylation is 2. The number of benzene rings is 1. The predicted molar refractivity (Wildman–Crippen MR) is 85.6 cm³/mol. The molecule has 0 bridgehead atoms. The fourth-order valence-corrected chi connectivity index (χ4v) is 2.24. The van der Waals surface area contributed by atoms with Gasteiger partial charge < -0.3 is 5.32 Å². The van der Waals surface area contributed by atoms with E-state index in [0.29, 0.717) is 6.42 Å². The maximum Gasteiger partial charge on any atom is 0.162 e. The molecule has 0 fully saturated rings. The molecular formula is C17H23N3O. The maximum atomic E-state index is 11.8. The van der Waals surface area contributed by atoms with E-state index in [9.17, 15) is 4.79 Å². The topological polar surface area (TPSA) is 46.9 Å². The summed E-state index contributed by atoms with van der Waals surface area (Å²) in [6, 6.07) is 7.70. The van der Waals surface area contributed by atoms with Gasteiger partial charge in [0.2, 0.25) is 0 Å². The number of nitrogens with zero attached hydrogens (tertiary/aromatic N) is 2. The van der Waals surface area contributed by atoms with Crippen molar-refractivity contribution < 1.29 is 4.79 Å². The van der Waals surface area contributed by atoms with E-state index < -0.39 is 0 Å². The Bertz CT molecular complexity index is 599. The summed E-state index contributed by atoms with van der Waals surface area (Å²) in [6.45, 7) is 7.75. The summed E-state index contributed by atoms with van der Waals surface area (Å²) in [6.07, 6.45) is 3.57. The average Bonchev–Trinajstić information content (AvgIpc) is 2.86. The van der Waals surface area contributed by atoms with Crippen LogP contribution in [0.2, 0.25) is 0 Å². The molecule has 1 aromatic heterocycles. The van der Waals surface area contributed by atoms with Crippen molar-refractivity contribution in [3.05, 3.63) is 47.3 Å². The van der Waals surface area contributed by atoms with Gasteiger partial charge in [0.25, 0.3) is 0 Å². The lowest BCUT2D eigenvalue weighted by atomic mass is 10.1. The van der Waals surface area contributed by atoms with Crippen LogP contribution < -0.4 is 5.32 Å². The first-order chi connectivity index (χ1) is 10.1. The van der Waals surface area contributed by atoms with Gasteiger partial charge in [0.15, 0.2) is 5.78 Å². The Kier molecular flexibility index (Phi) is 5.14. The molecule has 1 aromatic carbocycles. The zero-order valence-electron chi connectivity index (χ0n) is 13.0. The Balaban J connectivity index is 1.97. The normalized spacial score (nSPS) is 10.6. The lowest BCUT2D eigenvalue weighted by Gasteiger charge is -2.06. The summed E-state index contributed by atoms with van der Waals surface area (Å²) in [5, 5.41) is 7.80. The van der Waals surface area contributed by atoms with Gasteiger partial charge in [-0.2, -0.15) is 5.10 Å². The van der Waals surface area contributed by atoms with Crippen molar-refractivity contribution in [3.63, 3.8) is 0 Å². The van der Waals surface area contributed by atoms with Crippen molar-refractivity contribution >= 4 is 11.5 Å². The zero-order chi connectivity index (χ0) is 15.2. The van der Waals surface area contributed by atoms with Gasteiger partial charge in [-0.3, -0.25) is 9.48 Å². The van der Waals surface area contributed by atoms with Gasteiger partial charge in [-0.25, -0.2) is 0 Å². The molecule has 4 nitrogen and oxygen atoms in total. The van der Waals surface area contributed by atoms with E-state index in [1.165, 1.54) is 5.56 Å². The fraction of sp³-hybridized carbons (Fsp3) is 0.412. The van der Waals surface area contributed by atoms with Crippen molar-refractivity contribution in [1.82, 2.24) is 9.78 Å². The van der Waals surface area contributed by atoms with Crippen LogP contribution in [0.5, 0.6) is 0 Å². The van der Waals surface area contributed by atoms with Crippen LogP contribution in [0.25, 0.3) is 0 Å². The molecule has 21 heavy (non-hydrogen) atoms. The smallest absolute Gasteiger partial charge is 0.162 e. The minimum atomic E-state index is 0.212. The number of hydrogen-bond acceptors (Lipinski definition) is 3. The molecule has 0 saturated carbocycles. The van der Waals surface area contributed by atoms with Crippen LogP contribution in [0.15, 0.2) is 30.5 Å². The Hall–Kier alpha value is -2.10. The molecule has 0 saturated heterocycles. The first kappa shape index (κ1) is 15.3. The van der Waals surface area contributed by atoms with Crippen LogP contribution in [-0.2, 0) is 13.1 Å². The van der Waals surface area contributed by atoms with Gasteiger partial charge in [-0.1, -0.05) is 6.92 Å². The van der Waals surface area contributed by atoms with Crippen LogP contribution in [-0.4, -0.2) is 15.6 Å². The highest BCUT2D eigenvalue weighted by molar-refractivity contribution is 5.96. The molecule has 112 valence electrons. The largest absolute Gasteiger partial charge is 0.381 e. The highest BCUT2D eigenvalue weighted by atomic mass is 16.1. The van der Waals surface area contributed by atoms with Crippen LogP contribution in [0.4, 0.5) is 5.69 Å². The predicted octanol–water partition coefficient (Wildman–Crippen LogP) is 3.81. The average molecular weight is 285 g/mol. The molecule has 1 N–H and O–H groups in total. The molecule has 0 aliphatic rings. The number of carbonyl (C=O) groups is 1. The Labute approximate surface area is 126 Å². The summed E-state index contributed by atoms with van der Waals surface area (Å²) in [5.74, 6) is 0.212. The van der Waals surface area contributed by atoms with Crippen molar-refractivity contribution in [2.24, 2.45) is 0 Å². The van der Waals surface area contributed by atoms with Crippen LogP contribution in [0, 0.1) is 6.92 Å². The minimum Gasteiger partial charge on any atom is -0.381 e. The third-order valence-electron chi connectivity index (χ3n) is 3.54. The zero-order valence-corrected chi connectivity index (χ0v) is 13.0. The second kappa shape index (κ2) is 7.07. The first-order valence-electron chi connectivity index (χ1n) is 7.54. The lowest BCUT2D eigenvalue weighted by Crippen LogP contribution is -2.01. The van der Waals surface area contributed by atoms with Gasteiger partial charge in [0.1, 0.15) is 0 Å². The summed E-state index contributed by atoms with van der Waals surface area (Å²) < 4.78 is 1.94. The van der Waals surface area contributed by atoms with Gasteiger partial charge >= 0.3 is 0 Å². The molecule has 2 rings (SSSR count).